The molecule has 7 nitrogen and oxygen atoms in total. The van der Waals surface area contributed by atoms with Gasteiger partial charge < -0.3 is 24.1 Å². The van der Waals surface area contributed by atoms with Gasteiger partial charge in [-0.05, 0) is 55.3 Å². The van der Waals surface area contributed by atoms with Crippen LogP contribution < -0.4 is 18.9 Å². The average molecular weight is 413 g/mol. The van der Waals surface area contributed by atoms with Crippen LogP contribution in [-0.4, -0.2) is 50.4 Å². The maximum absolute atomic E-state index is 12.9. The molecular weight excluding hydrogens is 386 g/mol. The van der Waals surface area contributed by atoms with Crippen molar-refractivity contribution in [1.29, 1.82) is 0 Å². The maximum atomic E-state index is 12.9. The van der Waals surface area contributed by atoms with Crippen LogP contribution in [0.25, 0.3) is 0 Å². The van der Waals surface area contributed by atoms with Crippen LogP contribution in [-0.2, 0) is 17.6 Å². The van der Waals surface area contributed by atoms with Gasteiger partial charge in [0.1, 0.15) is 17.3 Å². The Balaban J connectivity index is 1.54. The molecule has 2 aliphatic rings. The van der Waals surface area contributed by atoms with Crippen LogP contribution in [0.15, 0.2) is 24.3 Å². The van der Waals surface area contributed by atoms with Gasteiger partial charge in [-0.15, -0.1) is 0 Å². The number of nitrogens with zero attached hydrogens (tertiary/aromatic N) is 1. The molecule has 2 aromatic carbocycles. The monoisotopic (exact) mass is 413 g/mol. The SMILES string of the molecule is COc1ccc(O)cc1CCC(=O)CC1c2c(cc3c(c2OC)OCO3)CCN1C. The van der Waals surface area contributed by atoms with Crippen LogP contribution in [0, 0.1) is 0 Å². The molecule has 2 heterocycles. The minimum Gasteiger partial charge on any atom is -0.508 e. The predicted molar refractivity (Wildman–Crippen MR) is 111 cm³/mol. The van der Waals surface area contributed by atoms with Gasteiger partial charge in [0.15, 0.2) is 11.5 Å². The lowest BCUT2D eigenvalue weighted by molar-refractivity contribution is -0.120. The number of ether oxygens (including phenoxy) is 4. The lowest BCUT2D eigenvalue weighted by Crippen LogP contribution is -2.34. The Kier molecular flexibility index (Phi) is 5.72. The van der Waals surface area contributed by atoms with Gasteiger partial charge in [0.25, 0.3) is 0 Å². The summed E-state index contributed by atoms with van der Waals surface area (Å²) in [5.74, 6) is 2.98. The van der Waals surface area contributed by atoms with Gasteiger partial charge in [0.05, 0.1) is 14.2 Å². The average Bonchev–Trinajstić information content (AvgIpc) is 3.21. The second kappa shape index (κ2) is 8.44. The number of rotatable bonds is 7. The number of fused-ring (bicyclic) bond motifs is 2. The molecule has 1 N–H and O–H groups in total. The fourth-order valence-electron chi connectivity index (χ4n) is 4.34. The molecule has 4 rings (SSSR count). The van der Waals surface area contributed by atoms with Gasteiger partial charge >= 0.3 is 0 Å². The zero-order valence-corrected chi connectivity index (χ0v) is 17.6. The Labute approximate surface area is 176 Å². The number of carbonyl (C=O) groups is 1. The van der Waals surface area contributed by atoms with Gasteiger partial charge in [-0.25, -0.2) is 0 Å². The first kappa shape index (κ1) is 20.3. The predicted octanol–water partition coefficient (Wildman–Crippen LogP) is 3.26. The van der Waals surface area contributed by atoms with Crippen LogP contribution in [0.1, 0.15) is 35.6 Å². The van der Waals surface area contributed by atoms with Crippen LogP contribution >= 0.6 is 0 Å². The van der Waals surface area contributed by atoms with E-state index in [0.29, 0.717) is 42.3 Å². The molecule has 0 spiro atoms. The number of ketones is 1. The van der Waals surface area contributed by atoms with E-state index in [0.717, 1.165) is 29.7 Å². The fraction of sp³-hybridized carbons (Fsp3) is 0.435. The van der Waals surface area contributed by atoms with Gasteiger partial charge in [-0.2, -0.15) is 0 Å². The number of methoxy groups -OCH3 is 2. The Hall–Kier alpha value is -2.93. The number of phenolic OH excluding ortho intramolecular Hbond substituents is 1. The molecule has 0 fully saturated rings. The molecule has 0 amide bonds. The van der Waals surface area contributed by atoms with Crippen molar-refractivity contribution < 1.29 is 28.8 Å². The largest absolute Gasteiger partial charge is 0.508 e. The van der Waals surface area contributed by atoms with Gasteiger partial charge in [-0.3, -0.25) is 9.69 Å². The Morgan fingerprint density at radius 1 is 1.23 bits per heavy atom. The molecule has 2 aromatic rings. The highest BCUT2D eigenvalue weighted by Crippen LogP contribution is 2.50. The van der Waals surface area contributed by atoms with Gasteiger partial charge in [-0.1, -0.05) is 0 Å². The topological polar surface area (TPSA) is 77.5 Å². The van der Waals surface area contributed by atoms with E-state index in [1.807, 2.05) is 13.1 Å². The molecule has 30 heavy (non-hydrogen) atoms. The first-order chi connectivity index (χ1) is 14.5. The molecule has 0 aromatic heterocycles. The third-order valence-corrected chi connectivity index (χ3v) is 5.91. The quantitative estimate of drug-likeness (QED) is 0.747. The lowest BCUT2D eigenvalue weighted by atomic mass is 9.87. The molecule has 7 heteroatoms. The Bertz CT molecular complexity index is 957. The molecule has 2 aliphatic heterocycles. The smallest absolute Gasteiger partial charge is 0.231 e. The van der Waals surface area contributed by atoms with Crippen molar-refractivity contribution in [2.45, 2.75) is 31.7 Å². The minimum atomic E-state index is -0.0863. The van der Waals surface area contributed by atoms with E-state index in [2.05, 4.69) is 4.90 Å². The van der Waals surface area contributed by atoms with Crippen molar-refractivity contribution in [3.63, 3.8) is 0 Å². The third kappa shape index (κ3) is 3.77. The van der Waals surface area contributed by atoms with Crippen LogP contribution in [0.5, 0.6) is 28.7 Å². The highest BCUT2D eigenvalue weighted by atomic mass is 16.7. The van der Waals surface area contributed by atoms with E-state index in [-0.39, 0.29) is 24.4 Å². The van der Waals surface area contributed by atoms with E-state index in [1.165, 1.54) is 0 Å². The minimum absolute atomic E-state index is 0.0863. The summed E-state index contributed by atoms with van der Waals surface area (Å²) in [6.45, 7) is 1.04. The summed E-state index contributed by atoms with van der Waals surface area (Å²) in [5, 5.41) is 9.75. The number of Topliss-reactive ketones (excluding diaryl/α,β-unsaturated/α-hetero) is 1. The zero-order valence-electron chi connectivity index (χ0n) is 17.6. The van der Waals surface area contributed by atoms with Crippen LogP contribution in [0.2, 0.25) is 0 Å². The lowest BCUT2D eigenvalue weighted by Gasteiger charge is -2.35. The van der Waals surface area contributed by atoms with Crippen molar-refractivity contribution in [3.8, 4) is 28.7 Å². The summed E-state index contributed by atoms with van der Waals surface area (Å²) in [6.07, 6.45) is 2.12. The van der Waals surface area contributed by atoms with Gasteiger partial charge in [0, 0.05) is 31.0 Å². The molecule has 160 valence electrons. The van der Waals surface area contributed by atoms with Crippen molar-refractivity contribution in [2.75, 3.05) is 34.6 Å². The second-order valence-corrected chi connectivity index (χ2v) is 7.70. The van der Waals surface area contributed by atoms with E-state index in [1.54, 1.807) is 32.4 Å². The number of hydrogen-bond acceptors (Lipinski definition) is 7. The number of phenols is 1. The molecule has 0 saturated carbocycles. The number of benzene rings is 2. The van der Waals surface area contributed by atoms with Crippen LogP contribution in [0.4, 0.5) is 0 Å². The molecule has 0 bridgehead atoms. The molecular formula is C23H27NO6. The first-order valence-corrected chi connectivity index (χ1v) is 10.1. The number of hydrogen-bond donors (Lipinski definition) is 1. The van der Waals surface area contributed by atoms with Crippen molar-refractivity contribution in [3.05, 3.63) is 41.0 Å². The van der Waals surface area contributed by atoms with Crippen molar-refractivity contribution >= 4 is 5.78 Å². The zero-order chi connectivity index (χ0) is 21.3. The summed E-state index contributed by atoms with van der Waals surface area (Å²) < 4.78 is 22.2. The number of likely N-dealkylation sites (N-methyl/N-ethyl adjacent to an activating group) is 1. The van der Waals surface area contributed by atoms with E-state index < -0.39 is 0 Å². The molecule has 0 radical (unpaired) electrons. The summed E-state index contributed by atoms with van der Waals surface area (Å²) >= 11 is 0. The summed E-state index contributed by atoms with van der Waals surface area (Å²) in [7, 11) is 5.24. The van der Waals surface area contributed by atoms with E-state index >= 15 is 0 Å². The molecule has 0 saturated heterocycles. The second-order valence-electron chi connectivity index (χ2n) is 7.70. The number of aromatic hydroxyl groups is 1. The van der Waals surface area contributed by atoms with E-state index in [9.17, 15) is 9.90 Å². The standard InChI is InChI=1S/C23H27NO6/c1-24-9-8-15-11-20-22(30-13-29-20)23(28-3)21(15)18(24)12-17(26)5-4-14-10-16(25)6-7-19(14)27-2/h6-7,10-11,18,25H,4-5,8-9,12-13H2,1-3H3. The van der Waals surface area contributed by atoms with Crippen molar-refractivity contribution in [2.24, 2.45) is 0 Å². The highest BCUT2D eigenvalue weighted by Gasteiger charge is 2.34. The molecule has 1 atom stereocenters. The van der Waals surface area contributed by atoms with Crippen molar-refractivity contribution in [1.82, 2.24) is 4.90 Å². The summed E-state index contributed by atoms with van der Waals surface area (Å²) in [4.78, 5) is 15.1. The van der Waals surface area contributed by atoms with E-state index in [4.69, 9.17) is 18.9 Å². The van der Waals surface area contributed by atoms with Gasteiger partial charge in [0.2, 0.25) is 12.5 Å². The third-order valence-electron chi connectivity index (χ3n) is 5.91. The maximum Gasteiger partial charge on any atom is 0.231 e. The normalized spacial score (nSPS) is 17.5. The molecule has 1 unspecified atom stereocenters. The first-order valence-electron chi connectivity index (χ1n) is 10.1. The number of carbonyl (C=O) groups excluding carboxylic acids is 1. The fourth-order valence-corrected chi connectivity index (χ4v) is 4.34. The highest BCUT2D eigenvalue weighted by molar-refractivity contribution is 5.80. The molecule has 0 aliphatic carbocycles. The van der Waals surface area contributed by atoms with Crippen LogP contribution in [0.3, 0.4) is 0 Å². The number of aryl methyl sites for hydroxylation is 1. The summed E-state index contributed by atoms with van der Waals surface area (Å²) in [6, 6.07) is 6.87. The summed E-state index contributed by atoms with van der Waals surface area (Å²) in [5.41, 5.74) is 2.98. The Morgan fingerprint density at radius 2 is 2.07 bits per heavy atom. The Morgan fingerprint density at radius 3 is 2.83 bits per heavy atom.